The minimum absolute atomic E-state index is 0.0883. The summed E-state index contributed by atoms with van der Waals surface area (Å²) in [6.45, 7) is 2.37. The maximum atomic E-state index is 12.9. The van der Waals surface area contributed by atoms with Crippen LogP contribution in [0.5, 0.6) is 0 Å². The van der Waals surface area contributed by atoms with Gasteiger partial charge in [-0.05, 0) is 25.1 Å². The Balaban J connectivity index is 1.47. The Kier molecular flexibility index (Phi) is 5.60. The van der Waals surface area contributed by atoms with Crippen molar-refractivity contribution in [1.29, 1.82) is 0 Å². The van der Waals surface area contributed by atoms with Crippen LogP contribution in [-0.2, 0) is 10.0 Å². The van der Waals surface area contributed by atoms with Crippen LogP contribution in [0, 0.1) is 17.0 Å². The third kappa shape index (κ3) is 4.09. The molecule has 0 saturated carbocycles. The van der Waals surface area contributed by atoms with Crippen molar-refractivity contribution >= 4 is 33.0 Å². The summed E-state index contributed by atoms with van der Waals surface area (Å²) in [4.78, 5) is 29.8. The lowest BCUT2D eigenvalue weighted by Gasteiger charge is -2.33. The van der Waals surface area contributed by atoms with Crippen LogP contribution < -0.4 is 0 Å². The van der Waals surface area contributed by atoms with Gasteiger partial charge in [0.25, 0.3) is 11.6 Å². The zero-order chi connectivity index (χ0) is 22.2. The maximum absolute atomic E-state index is 12.9. The molecule has 3 aromatic rings. The predicted molar refractivity (Wildman–Crippen MR) is 112 cm³/mol. The van der Waals surface area contributed by atoms with Gasteiger partial charge in [-0.2, -0.15) is 4.31 Å². The molecule has 1 aromatic carbocycles. The molecular formula is C19H18N4O6S2. The van der Waals surface area contributed by atoms with Crippen LogP contribution in [0.15, 0.2) is 52.0 Å². The Bertz CT molecular complexity index is 1230. The fraction of sp³-hybridized carbons (Fsp3) is 0.263. The first kappa shape index (κ1) is 21.2. The third-order valence-electron chi connectivity index (χ3n) is 4.92. The molecular weight excluding hydrogens is 444 g/mol. The van der Waals surface area contributed by atoms with E-state index in [4.69, 9.17) is 4.42 Å². The molecule has 0 aliphatic carbocycles. The third-order valence-corrected chi connectivity index (χ3v) is 7.80. The van der Waals surface area contributed by atoms with Gasteiger partial charge in [0.05, 0.1) is 16.1 Å². The normalized spacial score (nSPS) is 15.2. The molecule has 2 aromatic heterocycles. The van der Waals surface area contributed by atoms with Gasteiger partial charge in [-0.15, -0.1) is 11.3 Å². The lowest BCUT2D eigenvalue weighted by molar-refractivity contribution is -0.385. The summed E-state index contributed by atoms with van der Waals surface area (Å²) in [6, 6.07) is 8.46. The summed E-state index contributed by atoms with van der Waals surface area (Å²) >= 11 is 1.36. The van der Waals surface area contributed by atoms with E-state index in [1.807, 2.05) is 0 Å². The number of hydrogen-bond acceptors (Lipinski definition) is 8. The molecule has 0 spiro atoms. The van der Waals surface area contributed by atoms with Gasteiger partial charge in [0.15, 0.2) is 10.8 Å². The molecule has 1 saturated heterocycles. The first-order valence-corrected chi connectivity index (χ1v) is 11.6. The minimum atomic E-state index is -3.90. The molecule has 1 aliphatic heterocycles. The zero-order valence-electron chi connectivity index (χ0n) is 16.4. The number of non-ortho nitro benzene ring substituents is 1. The first-order chi connectivity index (χ1) is 14.8. The summed E-state index contributed by atoms with van der Waals surface area (Å²) in [5.74, 6) is 0.318. The molecule has 31 heavy (non-hydrogen) atoms. The number of carbonyl (C=O) groups is 1. The number of benzene rings is 1. The number of nitro groups is 1. The van der Waals surface area contributed by atoms with Crippen LogP contribution in [0.3, 0.4) is 0 Å². The summed E-state index contributed by atoms with van der Waals surface area (Å²) in [6.07, 6.45) is 1.54. The molecule has 1 fully saturated rings. The number of aromatic nitrogens is 1. The lowest BCUT2D eigenvalue weighted by Crippen LogP contribution is -2.50. The molecule has 4 rings (SSSR count). The first-order valence-electron chi connectivity index (χ1n) is 9.32. The monoisotopic (exact) mass is 462 g/mol. The van der Waals surface area contributed by atoms with Gasteiger partial charge in [0, 0.05) is 43.2 Å². The number of thiazole rings is 1. The number of aryl methyl sites for hydroxylation is 1. The number of rotatable bonds is 5. The van der Waals surface area contributed by atoms with E-state index >= 15 is 0 Å². The highest BCUT2D eigenvalue weighted by Crippen LogP contribution is 2.29. The molecule has 162 valence electrons. The van der Waals surface area contributed by atoms with Crippen molar-refractivity contribution in [3.8, 4) is 10.8 Å². The van der Waals surface area contributed by atoms with Crippen molar-refractivity contribution < 1.29 is 22.6 Å². The number of hydrogen-bond donors (Lipinski definition) is 0. The standard InChI is InChI=1S/C19H18N4O6S2/c1-13-17(20-18(30-13)16-6-3-11-29-16)19(24)21-7-9-22(10-8-21)31(27,28)15-5-2-4-14(12-15)23(25)26/h2-6,11-12H,7-10H2,1H3. The van der Waals surface area contributed by atoms with E-state index in [-0.39, 0.29) is 42.7 Å². The number of nitro benzene ring substituents is 1. The second-order valence-electron chi connectivity index (χ2n) is 6.85. The quantitative estimate of drug-likeness (QED) is 0.421. The highest BCUT2D eigenvalue weighted by atomic mass is 32.2. The molecule has 12 heteroatoms. The number of furan rings is 1. The summed E-state index contributed by atoms with van der Waals surface area (Å²) in [5, 5.41) is 11.6. The average molecular weight is 463 g/mol. The van der Waals surface area contributed by atoms with Crippen LogP contribution in [0.25, 0.3) is 10.8 Å². The number of nitrogens with zero attached hydrogens (tertiary/aromatic N) is 4. The van der Waals surface area contributed by atoms with Crippen LogP contribution in [0.4, 0.5) is 5.69 Å². The maximum Gasteiger partial charge on any atom is 0.273 e. The molecule has 0 N–H and O–H groups in total. The van der Waals surface area contributed by atoms with Gasteiger partial charge < -0.3 is 9.32 Å². The summed E-state index contributed by atoms with van der Waals surface area (Å²) in [7, 11) is -3.90. The van der Waals surface area contributed by atoms with Crippen LogP contribution >= 0.6 is 11.3 Å². The Labute approximate surface area is 181 Å². The molecule has 1 amide bonds. The van der Waals surface area contributed by atoms with E-state index in [1.165, 1.54) is 40.1 Å². The van der Waals surface area contributed by atoms with E-state index in [9.17, 15) is 23.3 Å². The van der Waals surface area contributed by atoms with Crippen molar-refractivity contribution in [2.24, 2.45) is 0 Å². The number of sulfonamides is 1. The van der Waals surface area contributed by atoms with Crippen molar-refractivity contribution in [2.45, 2.75) is 11.8 Å². The topological polar surface area (TPSA) is 127 Å². The van der Waals surface area contributed by atoms with Crippen LogP contribution in [0.2, 0.25) is 0 Å². The Hall–Kier alpha value is -3.09. The van der Waals surface area contributed by atoms with Gasteiger partial charge in [0.2, 0.25) is 10.0 Å². The van der Waals surface area contributed by atoms with E-state index < -0.39 is 14.9 Å². The fourth-order valence-electron chi connectivity index (χ4n) is 3.29. The van der Waals surface area contributed by atoms with Crippen molar-refractivity contribution in [3.63, 3.8) is 0 Å². The molecule has 0 atom stereocenters. The van der Waals surface area contributed by atoms with Crippen LogP contribution in [-0.4, -0.2) is 59.6 Å². The summed E-state index contributed by atoms with van der Waals surface area (Å²) in [5.41, 5.74) is 0.0349. The van der Waals surface area contributed by atoms with E-state index in [1.54, 1.807) is 24.0 Å². The van der Waals surface area contributed by atoms with Crippen molar-refractivity contribution in [1.82, 2.24) is 14.2 Å². The van der Waals surface area contributed by atoms with E-state index in [2.05, 4.69) is 4.98 Å². The molecule has 1 aliphatic rings. The fourth-order valence-corrected chi connectivity index (χ4v) is 5.62. The second kappa shape index (κ2) is 8.21. The number of piperazine rings is 1. The van der Waals surface area contributed by atoms with E-state index in [0.717, 1.165) is 10.9 Å². The molecule has 3 heterocycles. The van der Waals surface area contributed by atoms with Crippen molar-refractivity contribution in [3.05, 3.63) is 63.3 Å². The molecule has 0 radical (unpaired) electrons. The molecule has 0 bridgehead atoms. The zero-order valence-corrected chi connectivity index (χ0v) is 18.1. The van der Waals surface area contributed by atoms with E-state index in [0.29, 0.717) is 16.5 Å². The lowest BCUT2D eigenvalue weighted by atomic mass is 10.3. The largest absolute Gasteiger partial charge is 0.462 e. The average Bonchev–Trinajstić information content (AvgIpc) is 3.43. The number of amides is 1. The summed E-state index contributed by atoms with van der Waals surface area (Å²) < 4.78 is 32.3. The molecule has 10 nitrogen and oxygen atoms in total. The van der Waals surface area contributed by atoms with Gasteiger partial charge in [-0.25, -0.2) is 13.4 Å². The SMILES string of the molecule is Cc1sc(-c2ccco2)nc1C(=O)N1CCN(S(=O)(=O)c2cccc([N+](=O)[O-])c2)CC1. The molecule has 0 unspecified atom stereocenters. The minimum Gasteiger partial charge on any atom is -0.462 e. The van der Waals surface area contributed by atoms with Gasteiger partial charge in [0.1, 0.15) is 5.69 Å². The highest BCUT2D eigenvalue weighted by Gasteiger charge is 2.32. The smallest absolute Gasteiger partial charge is 0.273 e. The van der Waals surface area contributed by atoms with Crippen LogP contribution in [0.1, 0.15) is 15.4 Å². The Morgan fingerprint density at radius 3 is 2.58 bits per heavy atom. The Morgan fingerprint density at radius 1 is 1.19 bits per heavy atom. The predicted octanol–water partition coefficient (Wildman–Crippen LogP) is 2.77. The highest BCUT2D eigenvalue weighted by molar-refractivity contribution is 7.89. The Morgan fingerprint density at radius 2 is 1.94 bits per heavy atom. The van der Waals surface area contributed by atoms with Gasteiger partial charge >= 0.3 is 0 Å². The van der Waals surface area contributed by atoms with Crippen molar-refractivity contribution in [2.75, 3.05) is 26.2 Å². The second-order valence-corrected chi connectivity index (χ2v) is 9.99. The van der Waals surface area contributed by atoms with Gasteiger partial charge in [-0.3, -0.25) is 14.9 Å². The number of carbonyl (C=O) groups excluding carboxylic acids is 1. The van der Waals surface area contributed by atoms with Gasteiger partial charge in [-0.1, -0.05) is 6.07 Å².